The van der Waals surface area contributed by atoms with E-state index in [9.17, 15) is 4.79 Å². The maximum atomic E-state index is 11.1. The fourth-order valence-electron chi connectivity index (χ4n) is 1.15. The molecular weight excluding hydrogens is 240 g/mol. The zero-order valence-corrected chi connectivity index (χ0v) is 9.73. The van der Waals surface area contributed by atoms with Crippen LogP contribution in [0.1, 0.15) is 0 Å². The number of hydrogen-bond acceptors (Lipinski definition) is 7. The lowest BCUT2D eigenvalue weighted by Crippen LogP contribution is -2.14. The third kappa shape index (κ3) is 2.54. The second kappa shape index (κ2) is 5.13. The summed E-state index contributed by atoms with van der Waals surface area (Å²) in [5.74, 6) is 1.20. The topological polar surface area (TPSA) is 88.4 Å². The average molecular weight is 250 g/mol. The highest BCUT2D eigenvalue weighted by molar-refractivity contribution is 5.67. The second-order valence-corrected chi connectivity index (χ2v) is 3.11. The number of methoxy groups -OCH3 is 2. The van der Waals surface area contributed by atoms with Crippen LogP contribution in [0.25, 0.3) is 0 Å². The van der Waals surface area contributed by atoms with E-state index in [2.05, 4.69) is 20.1 Å². The van der Waals surface area contributed by atoms with Crippen molar-refractivity contribution < 1.29 is 19.0 Å². The fourth-order valence-corrected chi connectivity index (χ4v) is 1.15. The maximum absolute atomic E-state index is 11.1. The largest absolute Gasteiger partial charge is 0.497 e. The van der Waals surface area contributed by atoms with Gasteiger partial charge in [-0.05, 0) is 29.5 Å². The van der Waals surface area contributed by atoms with Crippen molar-refractivity contribution in [3.63, 3.8) is 0 Å². The molecule has 0 N–H and O–H groups in total. The van der Waals surface area contributed by atoms with Gasteiger partial charge in [0.15, 0.2) is 0 Å². The standard InChI is InChI=1S/C10H10N4O4/c1-16-7-3-5-8(6-4-7)18-9-11-13-14(12-9)10(15)17-2/h3-6H,1-2H3. The molecule has 0 spiro atoms. The summed E-state index contributed by atoms with van der Waals surface area (Å²) in [4.78, 5) is 11.8. The van der Waals surface area contributed by atoms with Crippen LogP contribution in [0, 0.1) is 0 Å². The smallest absolute Gasteiger partial charge is 0.453 e. The molecule has 0 bridgehead atoms. The summed E-state index contributed by atoms with van der Waals surface area (Å²) in [5.41, 5.74) is 0. The van der Waals surface area contributed by atoms with Gasteiger partial charge in [0.05, 0.1) is 14.2 Å². The van der Waals surface area contributed by atoms with Crippen molar-refractivity contribution in [2.45, 2.75) is 0 Å². The minimum Gasteiger partial charge on any atom is -0.497 e. The zero-order chi connectivity index (χ0) is 13.0. The molecule has 0 saturated heterocycles. The molecule has 1 heterocycles. The van der Waals surface area contributed by atoms with E-state index in [4.69, 9.17) is 9.47 Å². The molecule has 0 aliphatic carbocycles. The van der Waals surface area contributed by atoms with Gasteiger partial charge < -0.3 is 14.2 Å². The van der Waals surface area contributed by atoms with Crippen molar-refractivity contribution in [2.75, 3.05) is 14.2 Å². The molecule has 8 heteroatoms. The highest BCUT2D eigenvalue weighted by atomic mass is 16.5. The molecule has 1 aromatic heterocycles. The van der Waals surface area contributed by atoms with E-state index in [0.29, 0.717) is 16.3 Å². The molecule has 0 fully saturated rings. The molecule has 0 amide bonds. The van der Waals surface area contributed by atoms with Crippen molar-refractivity contribution in [1.29, 1.82) is 0 Å². The van der Waals surface area contributed by atoms with Gasteiger partial charge in [0.1, 0.15) is 11.5 Å². The molecule has 2 rings (SSSR count). The summed E-state index contributed by atoms with van der Waals surface area (Å²) >= 11 is 0. The van der Waals surface area contributed by atoms with E-state index in [0.717, 1.165) is 0 Å². The van der Waals surface area contributed by atoms with Crippen molar-refractivity contribution in [3.05, 3.63) is 24.3 Å². The maximum Gasteiger partial charge on any atom is 0.453 e. The third-order valence-electron chi connectivity index (χ3n) is 2.00. The van der Waals surface area contributed by atoms with Crippen LogP contribution in [0.2, 0.25) is 0 Å². The fraction of sp³-hybridized carbons (Fsp3) is 0.200. The summed E-state index contributed by atoms with van der Waals surface area (Å²) in [6.45, 7) is 0. The highest BCUT2D eigenvalue weighted by Crippen LogP contribution is 2.20. The van der Waals surface area contributed by atoms with Crippen LogP contribution in [0.3, 0.4) is 0 Å². The lowest BCUT2D eigenvalue weighted by Gasteiger charge is -2.01. The van der Waals surface area contributed by atoms with Crippen LogP contribution in [-0.2, 0) is 4.74 Å². The zero-order valence-electron chi connectivity index (χ0n) is 9.73. The number of rotatable bonds is 3. The summed E-state index contributed by atoms with van der Waals surface area (Å²) in [6, 6.07) is 6.75. The molecule has 0 radical (unpaired) electrons. The van der Waals surface area contributed by atoms with Crippen LogP contribution >= 0.6 is 0 Å². The van der Waals surface area contributed by atoms with Gasteiger partial charge in [-0.25, -0.2) is 4.79 Å². The summed E-state index contributed by atoms with van der Waals surface area (Å²) in [6.07, 6.45) is -0.743. The van der Waals surface area contributed by atoms with Gasteiger partial charge in [-0.2, -0.15) is 0 Å². The first-order chi connectivity index (χ1) is 8.72. The van der Waals surface area contributed by atoms with E-state index < -0.39 is 6.09 Å². The Morgan fingerprint density at radius 2 is 1.83 bits per heavy atom. The second-order valence-electron chi connectivity index (χ2n) is 3.11. The molecule has 8 nitrogen and oxygen atoms in total. The number of carbonyl (C=O) groups is 1. The van der Waals surface area contributed by atoms with Crippen LogP contribution < -0.4 is 9.47 Å². The van der Waals surface area contributed by atoms with Gasteiger partial charge in [0.25, 0.3) is 0 Å². The number of aromatic nitrogens is 4. The Labute approximate surface area is 102 Å². The molecule has 0 unspecified atom stereocenters. The van der Waals surface area contributed by atoms with Crippen LogP contribution in [0.4, 0.5) is 4.79 Å². The third-order valence-corrected chi connectivity index (χ3v) is 2.00. The molecule has 0 saturated carbocycles. The average Bonchev–Trinajstić information content (AvgIpc) is 2.87. The Balaban J connectivity index is 2.08. The highest BCUT2D eigenvalue weighted by Gasteiger charge is 2.11. The van der Waals surface area contributed by atoms with Gasteiger partial charge in [0, 0.05) is 0 Å². The molecule has 2 aromatic rings. The number of tetrazole rings is 1. The normalized spacial score (nSPS) is 9.89. The number of hydrogen-bond donors (Lipinski definition) is 0. The van der Waals surface area contributed by atoms with Gasteiger partial charge in [-0.3, -0.25) is 0 Å². The van der Waals surface area contributed by atoms with Crippen LogP contribution in [0.15, 0.2) is 24.3 Å². The Bertz CT molecular complexity index is 537. The Morgan fingerprint density at radius 3 is 2.44 bits per heavy atom. The quantitative estimate of drug-likeness (QED) is 0.805. The van der Waals surface area contributed by atoms with E-state index in [1.807, 2.05) is 0 Å². The van der Waals surface area contributed by atoms with E-state index in [1.165, 1.54) is 7.11 Å². The van der Waals surface area contributed by atoms with Gasteiger partial charge in [-0.1, -0.05) is 15.0 Å². The van der Waals surface area contributed by atoms with Gasteiger partial charge in [0.2, 0.25) is 0 Å². The number of nitrogens with zero attached hydrogens (tertiary/aromatic N) is 4. The molecule has 0 aliphatic rings. The Kier molecular flexibility index (Phi) is 3.37. The molecule has 0 aliphatic heterocycles. The predicted molar refractivity (Wildman–Crippen MR) is 58.7 cm³/mol. The first-order valence-electron chi connectivity index (χ1n) is 4.93. The predicted octanol–water partition coefficient (Wildman–Crippen LogP) is 1.09. The Morgan fingerprint density at radius 1 is 1.17 bits per heavy atom. The monoisotopic (exact) mass is 250 g/mol. The van der Waals surface area contributed by atoms with Crippen molar-refractivity contribution in [1.82, 2.24) is 20.2 Å². The Hall–Kier alpha value is -2.64. The SMILES string of the molecule is COC(=O)n1nnc(Oc2ccc(OC)cc2)n1. The van der Waals surface area contributed by atoms with Crippen molar-refractivity contribution >= 4 is 6.09 Å². The molecular formula is C10H10N4O4. The minimum atomic E-state index is -0.743. The van der Waals surface area contributed by atoms with E-state index in [-0.39, 0.29) is 6.01 Å². The number of ether oxygens (including phenoxy) is 3. The van der Waals surface area contributed by atoms with Crippen molar-refractivity contribution in [2.24, 2.45) is 0 Å². The summed E-state index contributed by atoms with van der Waals surface area (Å²) in [5, 5.41) is 10.7. The van der Waals surface area contributed by atoms with E-state index in [1.54, 1.807) is 31.4 Å². The number of carbonyl (C=O) groups excluding carboxylic acids is 1. The first-order valence-corrected chi connectivity index (χ1v) is 4.93. The molecule has 0 atom stereocenters. The molecule has 1 aromatic carbocycles. The lowest BCUT2D eigenvalue weighted by atomic mass is 10.3. The summed E-state index contributed by atoms with van der Waals surface area (Å²) in [7, 11) is 2.79. The van der Waals surface area contributed by atoms with Gasteiger partial charge >= 0.3 is 12.1 Å². The molecule has 18 heavy (non-hydrogen) atoms. The van der Waals surface area contributed by atoms with Gasteiger partial charge in [-0.15, -0.1) is 0 Å². The molecule has 94 valence electrons. The van der Waals surface area contributed by atoms with E-state index >= 15 is 0 Å². The summed E-state index contributed by atoms with van der Waals surface area (Å²) < 4.78 is 14.7. The van der Waals surface area contributed by atoms with Crippen LogP contribution in [0.5, 0.6) is 17.5 Å². The lowest BCUT2D eigenvalue weighted by molar-refractivity contribution is 0.164. The van der Waals surface area contributed by atoms with Crippen molar-refractivity contribution in [3.8, 4) is 17.5 Å². The number of benzene rings is 1. The van der Waals surface area contributed by atoms with Crippen LogP contribution in [-0.4, -0.2) is 40.5 Å². The first kappa shape index (κ1) is 11.8. The minimum absolute atomic E-state index is 0.0504.